The number of phenolic OH excluding ortho intramolecular Hbond substituents is 1. The number of para-hydroxylation sites is 1. The van der Waals surface area contributed by atoms with E-state index in [0.717, 1.165) is 27.9 Å². The lowest BCUT2D eigenvalue weighted by molar-refractivity contribution is 0.0666. The molecule has 0 aliphatic carbocycles. The summed E-state index contributed by atoms with van der Waals surface area (Å²) in [6, 6.07) is 17.1. The maximum atomic E-state index is 13.5. The van der Waals surface area contributed by atoms with E-state index in [4.69, 9.17) is 9.47 Å². The minimum absolute atomic E-state index is 0.0459. The van der Waals surface area contributed by atoms with Gasteiger partial charge in [-0.1, -0.05) is 18.2 Å². The predicted octanol–water partition coefficient (Wildman–Crippen LogP) is 4.50. The van der Waals surface area contributed by atoms with E-state index >= 15 is 0 Å². The summed E-state index contributed by atoms with van der Waals surface area (Å²) in [5.41, 5.74) is 4.87. The molecular formula is C24H22N2O4. The third-order valence-corrected chi connectivity index (χ3v) is 5.64. The fourth-order valence-electron chi connectivity index (χ4n) is 4.10. The number of hydrogen-bond acceptors (Lipinski definition) is 5. The molecule has 152 valence electrons. The Morgan fingerprint density at radius 3 is 2.57 bits per heavy atom. The Labute approximate surface area is 174 Å². The van der Waals surface area contributed by atoms with Crippen molar-refractivity contribution in [3.8, 4) is 17.2 Å². The van der Waals surface area contributed by atoms with Crippen molar-refractivity contribution in [1.82, 2.24) is 4.90 Å². The molecule has 0 saturated heterocycles. The Morgan fingerprint density at radius 1 is 1.03 bits per heavy atom. The van der Waals surface area contributed by atoms with Crippen molar-refractivity contribution in [2.45, 2.75) is 26.6 Å². The molecule has 0 radical (unpaired) electrons. The van der Waals surface area contributed by atoms with Crippen LogP contribution in [0.1, 0.15) is 38.8 Å². The number of rotatable bonds is 3. The smallest absolute Gasteiger partial charge is 0.258 e. The first-order chi connectivity index (χ1) is 14.5. The van der Waals surface area contributed by atoms with E-state index in [0.29, 0.717) is 23.6 Å². The lowest BCUT2D eigenvalue weighted by Gasteiger charge is -2.38. The molecular weight excluding hydrogens is 380 g/mol. The number of hydrogen-bond donors (Lipinski definition) is 2. The van der Waals surface area contributed by atoms with Crippen LogP contribution in [0.25, 0.3) is 0 Å². The molecule has 1 unspecified atom stereocenters. The molecule has 2 N–H and O–H groups in total. The highest BCUT2D eigenvalue weighted by atomic mass is 16.7. The molecule has 30 heavy (non-hydrogen) atoms. The third-order valence-electron chi connectivity index (χ3n) is 5.64. The average molecular weight is 402 g/mol. The number of phenols is 1. The van der Waals surface area contributed by atoms with E-state index in [1.54, 1.807) is 0 Å². The molecule has 3 aromatic carbocycles. The molecule has 0 fully saturated rings. The summed E-state index contributed by atoms with van der Waals surface area (Å²) in [6.07, 6.45) is -0.365. The van der Waals surface area contributed by atoms with Crippen LogP contribution < -0.4 is 14.8 Å². The topological polar surface area (TPSA) is 71.0 Å². The molecule has 6 nitrogen and oxygen atoms in total. The second-order valence-electron chi connectivity index (χ2n) is 7.72. The number of nitrogens with zero attached hydrogens (tertiary/aromatic N) is 1. The van der Waals surface area contributed by atoms with E-state index in [-0.39, 0.29) is 24.6 Å². The molecule has 6 heteroatoms. The Hall–Kier alpha value is -3.67. The zero-order valence-corrected chi connectivity index (χ0v) is 16.8. The van der Waals surface area contributed by atoms with Crippen LogP contribution in [0.2, 0.25) is 0 Å². The summed E-state index contributed by atoms with van der Waals surface area (Å²) in [4.78, 5) is 15.3. The first-order valence-corrected chi connectivity index (χ1v) is 9.86. The molecule has 1 atom stereocenters. The monoisotopic (exact) mass is 402 g/mol. The maximum Gasteiger partial charge on any atom is 0.258 e. The number of nitrogens with one attached hydrogen (secondary N) is 1. The Kier molecular flexibility index (Phi) is 4.28. The van der Waals surface area contributed by atoms with Crippen LogP contribution in [0.5, 0.6) is 17.2 Å². The first kappa shape index (κ1) is 18.4. The number of ether oxygens (including phenoxy) is 2. The van der Waals surface area contributed by atoms with Crippen molar-refractivity contribution in [3.63, 3.8) is 0 Å². The van der Waals surface area contributed by atoms with Gasteiger partial charge in [-0.3, -0.25) is 4.79 Å². The maximum absolute atomic E-state index is 13.5. The second-order valence-corrected chi connectivity index (χ2v) is 7.72. The van der Waals surface area contributed by atoms with Crippen molar-refractivity contribution in [2.75, 3.05) is 12.1 Å². The van der Waals surface area contributed by atoms with Crippen LogP contribution in [0.4, 0.5) is 5.69 Å². The first-order valence-electron chi connectivity index (χ1n) is 9.86. The van der Waals surface area contributed by atoms with Gasteiger partial charge in [0.05, 0.1) is 5.56 Å². The predicted molar refractivity (Wildman–Crippen MR) is 113 cm³/mol. The summed E-state index contributed by atoms with van der Waals surface area (Å²) in [7, 11) is 0. The minimum atomic E-state index is -0.365. The van der Waals surface area contributed by atoms with Crippen molar-refractivity contribution in [2.24, 2.45) is 0 Å². The molecule has 3 aromatic rings. The van der Waals surface area contributed by atoms with Crippen LogP contribution in [-0.2, 0) is 6.54 Å². The van der Waals surface area contributed by atoms with Gasteiger partial charge < -0.3 is 24.8 Å². The van der Waals surface area contributed by atoms with E-state index in [1.165, 1.54) is 0 Å². The molecule has 0 aromatic heterocycles. The molecule has 2 aliphatic rings. The third kappa shape index (κ3) is 3.01. The highest BCUT2D eigenvalue weighted by Crippen LogP contribution is 2.38. The number of carbonyl (C=O) groups excluding carboxylic acids is 1. The van der Waals surface area contributed by atoms with E-state index in [2.05, 4.69) is 5.32 Å². The van der Waals surface area contributed by atoms with Gasteiger partial charge in [-0.15, -0.1) is 0 Å². The fraction of sp³-hybridized carbons (Fsp3) is 0.208. The largest absolute Gasteiger partial charge is 0.507 e. The van der Waals surface area contributed by atoms with Gasteiger partial charge in [-0.05, 0) is 72.5 Å². The van der Waals surface area contributed by atoms with Crippen LogP contribution in [-0.4, -0.2) is 22.7 Å². The summed E-state index contributed by atoms with van der Waals surface area (Å²) in [5.74, 6) is 1.64. The average Bonchev–Trinajstić information content (AvgIpc) is 3.21. The highest BCUT2D eigenvalue weighted by Gasteiger charge is 2.33. The van der Waals surface area contributed by atoms with Gasteiger partial charge in [0, 0.05) is 12.2 Å². The molecule has 1 amide bonds. The molecule has 0 spiro atoms. The summed E-state index contributed by atoms with van der Waals surface area (Å²) in [6.45, 7) is 4.35. The van der Waals surface area contributed by atoms with Crippen LogP contribution in [0, 0.1) is 13.8 Å². The van der Waals surface area contributed by atoms with Gasteiger partial charge in [0.25, 0.3) is 5.91 Å². The number of aromatic hydroxyl groups is 1. The molecule has 5 rings (SSSR count). The van der Waals surface area contributed by atoms with Gasteiger partial charge in [-0.2, -0.15) is 0 Å². The standard InChI is InChI=1S/C24H22N2O4/c1-14-9-17(10-15(2)22(14)27)23-25-19-6-4-3-5-18(19)24(28)26(23)12-16-7-8-20-21(11-16)30-13-29-20/h3-11,23,25,27H,12-13H2,1-2H3. The zero-order chi connectivity index (χ0) is 20.8. The van der Waals surface area contributed by atoms with Crippen molar-refractivity contribution in [3.05, 3.63) is 82.4 Å². The summed E-state index contributed by atoms with van der Waals surface area (Å²) >= 11 is 0. The summed E-state index contributed by atoms with van der Waals surface area (Å²) in [5, 5.41) is 13.7. The number of aryl methyl sites for hydroxylation is 2. The van der Waals surface area contributed by atoms with Crippen LogP contribution in [0.15, 0.2) is 54.6 Å². The quantitative estimate of drug-likeness (QED) is 0.675. The Bertz CT molecular complexity index is 1130. The summed E-state index contributed by atoms with van der Waals surface area (Å²) < 4.78 is 10.9. The molecule has 2 heterocycles. The number of anilines is 1. The molecule has 2 aliphatic heterocycles. The van der Waals surface area contributed by atoms with E-state index in [9.17, 15) is 9.90 Å². The van der Waals surface area contributed by atoms with Crippen LogP contribution in [0.3, 0.4) is 0 Å². The number of amides is 1. The normalized spacial score (nSPS) is 16.9. The SMILES string of the molecule is Cc1cc(C2Nc3ccccc3C(=O)N2Cc2ccc3c(c2)OCO3)cc(C)c1O. The van der Waals surface area contributed by atoms with Crippen molar-refractivity contribution < 1.29 is 19.4 Å². The number of benzene rings is 3. The zero-order valence-electron chi connectivity index (χ0n) is 16.8. The van der Waals surface area contributed by atoms with Crippen LogP contribution >= 0.6 is 0 Å². The minimum Gasteiger partial charge on any atom is -0.507 e. The Morgan fingerprint density at radius 2 is 1.77 bits per heavy atom. The molecule has 0 bridgehead atoms. The molecule has 0 saturated carbocycles. The van der Waals surface area contributed by atoms with Crippen molar-refractivity contribution in [1.29, 1.82) is 0 Å². The lowest BCUT2D eigenvalue weighted by atomic mass is 9.99. The van der Waals surface area contributed by atoms with Gasteiger partial charge in [-0.25, -0.2) is 0 Å². The van der Waals surface area contributed by atoms with Crippen molar-refractivity contribution >= 4 is 11.6 Å². The second kappa shape index (κ2) is 6.99. The van der Waals surface area contributed by atoms with E-state index in [1.807, 2.05) is 73.3 Å². The van der Waals surface area contributed by atoms with Gasteiger partial charge in [0.2, 0.25) is 6.79 Å². The fourth-order valence-corrected chi connectivity index (χ4v) is 4.10. The lowest BCUT2D eigenvalue weighted by Crippen LogP contribution is -2.42. The van der Waals surface area contributed by atoms with E-state index < -0.39 is 0 Å². The number of fused-ring (bicyclic) bond motifs is 2. The number of carbonyl (C=O) groups is 1. The Balaban J connectivity index is 1.57. The highest BCUT2D eigenvalue weighted by molar-refractivity contribution is 6.01. The van der Waals surface area contributed by atoms with Gasteiger partial charge in [0.15, 0.2) is 11.5 Å². The van der Waals surface area contributed by atoms with Gasteiger partial charge in [0.1, 0.15) is 11.9 Å². The van der Waals surface area contributed by atoms with Gasteiger partial charge >= 0.3 is 0 Å².